The largest absolute Gasteiger partial charge is 0.487 e. The van der Waals surface area contributed by atoms with Gasteiger partial charge in [0.2, 0.25) is 0 Å². The number of aliphatic hydroxyl groups is 1. The molecule has 37 heavy (non-hydrogen) atoms. The standard InChI is InChI=1S/C30H29ClN2O4/c31-23-9-7-22(8-10-23)30(36)13-17-33(18-14-30)16-2-4-24-25-3-1-15-32-27(25)20-37-28-11-5-21(19-26(24)28)6-12-29(34)35/h1,3-12,15,19,36H,2,13-14,16-18,20H2,(H,34,35)/b12-6+,24-4+. The minimum Gasteiger partial charge on any atom is -0.487 e. The van der Waals surface area contributed by atoms with Crippen molar-refractivity contribution in [2.24, 2.45) is 0 Å². The third-order valence-electron chi connectivity index (χ3n) is 7.12. The second-order valence-electron chi connectivity index (χ2n) is 9.50. The highest BCUT2D eigenvalue weighted by atomic mass is 35.5. The monoisotopic (exact) mass is 516 g/mol. The Bertz CT molecular complexity index is 1340. The fourth-order valence-corrected chi connectivity index (χ4v) is 5.18. The molecule has 2 aliphatic rings. The fourth-order valence-electron chi connectivity index (χ4n) is 5.05. The molecule has 5 rings (SSSR count). The highest BCUT2D eigenvalue weighted by molar-refractivity contribution is 6.30. The first-order valence-electron chi connectivity index (χ1n) is 12.4. The van der Waals surface area contributed by atoms with Gasteiger partial charge in [-0.3, -0.25) is 4.98 Å². The van der Waals surface area contributed by atoms with Crippen LogP contribution in [-0.4, -0.2) is 45.7 Å². The average Bonchev–Trinajstić information content (AvgIpc) is 3.06. The Kier molecular flexibility index (Phi) is 7.42. The van der Waals surface area contributed by atoms with Crippen LogP contribution in [0.25, 0.3) is 11.6 Å². The maximum Gasteiger partial charge on any atom is 0.328 e. The minimum absolute atomic E-state index is 0.375. The zero-order valence-corrected chi connectivity index (χ0v) is 21.2. The first kappa shape index (κ1) is 25.2. The van der Waals surface area contributed by atoms with Crippen LogP contribution in [0.3, 0.4) is 0 Å². The molecule has 0 aliphatic carbocycles. The second-order valence-corrected chi connectivity index (χ2v) is 9.94. The van der Waals surface area contributed by atoms with Gasteiger partial charge in [-0.1, -0.05) is 41.9 Å². The van der Waals surface area contributed by atoms with Crippen LogP contribution in [0.2, 0.25) is 5.02 Å². The van der Waals surface area contributed by atoms with Crippen LogP contribution in [0.5, 0.6) is 5.75 Å². The zero-order valence-electron chi connectivity index (χ0n) is 20.4. The van der Waals surface area contributed by atoms with Gasteiger partial charge in [0.05, 0.1) is 11.3 Å². The summed E-state index contributed by atoms with van der Waals surface area (Å²) in [5, 5.41) is 20.9. The summed E-state index contributed by atoms with van der Waals surface area (Å²) in [7, 11) is 0. The highest BCUT2D eigenvalue weighted by Gasteiger charge is 2.33. The number of aromatic nitrogens is 1. The maximum absolute atomic E-state index is 11.2. The lowest BCUT2D eigenvalue weighted by atomic mass is 9.84. The molecule has 0 amide bonds. The van der Waals surface area contributed by atoms with Crippen molar-refractivity contribution in [1.29, 1.82) is 0 Å². The number of hydrogen-bond acceptors (Lipinski definition) is 5. The van der Waals surface area contributed by atoms with Crippen LogP contribution in [0.4, 0.5) is 0 Å². The van der Waals surface area contributed by atoms with Crippen molar-refractivity contribution in [3.63, 3.8) is 0 Å². The number of carboxylic acid groups (broad SMARTS) is 1. The third kappa shape index (κ3) is 5.77. The zero-order chi connectivity index (χ0) is 25.8. The van der Waals surface area contributed by atoms with E-state index in [2.05, 4.69) is 22.0 Å². The molecule has 1 saturated heterocycles. The summed E-state index contributed by atoms with van der Waals surface area (Å²) < 4.78 is 6.06. The molecular weight excluding hydrogens is 488 g/mol. The number of hydrogen-bond donors (Lipinski definition) is 2. The van der Waals surface area contributed by atoms with Gasteiger partial charge in [0.25, 0.3) is 0 Å². The average molecular weight is 517 g/mol. The van der Waals surface area contributed by atoms with Crippen molar-refractivity contribution in [2.75, 3.05) is 19.6 Å². The van der Waals surface area contributed by atoms with E-state index in [1.165, 1.54) is 0 Å². The van der Waals surface area contributed by atoms with E-state index >= 15 is 0 Å². The Morgan fingerprint density at radius 2 is 1.89 bits per heavy atom. The molecule has 2 aromatic carbocycles. The van der Waals surface area contributed by atoms with Crippen LogP contribution in [0, 0.1) is 0 Å². The van der Waals surface area contributed by atoms with E-state index < -0.39 is 11.6 Å². The summed E-state index contributed by atoms with van der Waals surface area (Å²) in [6, 6.07) is 17.2. The van der Waals surface area contributed by atoms with Crippen molar-refractivity contribution < 1.29 is 19.7 Å². The number of benzene rings is 2. The van der Waals surface area contributed by atoms with Gasteiger partial charge in [-0.15, -0.1) is 0 Å². The maximum atomic E-state index is 11.2. The van der Waals surface area contributed by atoms with Crippen molar-refractivity contribution >= 4 is 29.2 Å². The first-order valence-corrected chi connectivity index (χ1v) is 12.8. The molecule has 0 atom stereocenters. The molecular formula is C30H29ClN2O4. The lowest BCUT2D eigenvalue weighted by Crippen LogP contribution is -2.42. The van der Waals surface area contributed by atoms with E-state index in [0.29, 0.717) is 24.5 Å². The predicted molar refractivity (Wildman–Crippen MR) is 144 cm³/mol. The Morgan fingerprint density at radius 1 is 1.11 bits per heavy atom. The number of ether oxygens (including phenoxy) is 1. The Labute approximate surface area is 221 Å². The van der Waals surface area contributed by atoms with Crippen LogP contribution in [0.15, 0.2) is 72.9 Å². The number of fused-ring (bicyclic) bond motifs is 2. The smallest absolute Gasteiger partial charge is 0.328 e. The summed E-state index contributed by atoms with van der Waals surface area (Å²) in [5.74, 6) is -0.233. The van der Waals surface area contributed by atoms with Crippen LogP contribution >= 0.6 is 11.6 Å². The third-order valence-corrected chi connectivity index (χ3v) is 7.37. The van der Waals surface area contributed by atoms with Crippen LogP contribution in [-0.2, 0) is 17.0 Å². The molecule has 6 nitrogen and oxygen atoms in total. The van der Waals surface area contributed by atoms with E-state index in [1.807, 2.05) is 48.5 Å². The normalized spacial score (nSPS) is 18.2. The van der Waals surface area contributed by atoms with E-state index in [9.17, 15) is 9.90 Å². The molecule has 3 aromatic rings. The van der Waals surface area contributed by atoms with Gasteiger partial charge in [-0.25, -0.2) is 4.79 Å². The van der Waals surface area contributed by atoms with Crippen LogP contribution in [0.1, 0.15) is 47.2 Å². The molecule has 0 spiro atoms. The van der Waals surface area contributed by atoms with Gasteiger partial charge in [-0.2, -0.15) is 0 Å². The lowest BCUT2D eigenvalue weighted by molar-refractivity contribution is -0.131. The number of halogens is 1. The lowest BCUT2D eigenvalue weighted by Gasteiger charge is -2.38. The summed E-state index contributed by atoms with van der Waals surface area (Å²) in [5.41, 5.74) is 4.76. The van der Waals surface area contributed by atoms with Crippen molar-refractivity contribution in [3.8, 4) is 5.75 Å². The number of carbonyl (C=O) groups is 1. The van der Waals surface area contributed by atoms with Gasteiger partial charge in [0.15, 0.2) is 0 Å². The highest BCUT2D eigenvalue weighted by Crippen LogP contribution is 2.38. The molecule has 0 saturated carbocycles. The Morgan fingerprint density at radius 3 is 2.65 bits per heavy atom. The molecule has 2 N–H and O–H groups in total. The number of pyridine rings is 1. The summed E-state index contributed by atoms with van der Waals surface area (Å²) >= 11 is 6.02. The van der Waals surface area contributed by atoms with Gasteiger partial charge in [0.1, 0.15) is 12.4 Å². The molecule has 3 heterocycles. The number of aliphatic carboxylic acids is 1. The summed E-state index contributed by atoms with van der Waals surface area (Å²) in [4.78, 5) is 17.9. The van der Waals surface area contributed by atoms with E-state index in [1.54, 1.807) is 12.3 Å². The number of rotatable bonds is 6. The van der Waals surface area contributed by atoms with Crippen molar-refractivity contribution in [3.05, 3.63) is 106 Å². The Hall–Kier alpha value is -3.45. The molecule has 7 heteroatoms. The van der Waals surface area contributed by atoms with Gasteiger partial charge >= 0.3 is 5.97 Å². The number of likely N-dealkylation sites (tertiary alicyclic amines) is 1. The number of nitrogens with zero attached hydrogens (tertiary/aromatic N) is 2. The van der Waals surface area contributed by atoms with Gasteiger partial charge in [0, 0.05) is 48.1 Å². The SMILES string of the molecule is O=C(O)/C=C/c1ccc2c(c1)/C(=C/CCN1CCC(O)(c3ccc(Cl)cc3)CC1)c1cccnc1CO2. The van der Waals surface area contributed by atoms with E-state index in [0.717, 1.165) is 71.4 Å². The Balaban J connectivity index is 1.34. The topological polar surface area (TPSA) is 82.9 Å². The van der Waals surface area contributed by atoms with E-state index in [4.69, 9.17) is 21.4 Å². The summed E-state index contributed by atoms with van der Waals surface area (Å²) in [6.07, 6.45) is 8.88. The molecule has 0 radical (unpaired) electrons. The minimum atomic E-state index is -0.985. The molecule has 1 aromatic heterocycles. The first-order chi connectivity index (χ1) is 17.9. The quantitative estimate of drug-likeness (QED) is 0.419. The van der Waals surface area contributed by atoms with Gasteiger partial charge < -0.3 is 19.8 Å². The molecule has 190 valence electrons. The van der Waals surface area contributed by atoms with Gasteiger partial charge in [-0.05, 0) is 72.4 Å². The van der Waals surface area contributed by atoms with Crippen molar-refractivity contribution in [1.82, 2.24) is 9.88 Å². The fraction of sp³-hybridized carbons (Fsp3) is 0.267. The van der Waals surface area contributed by atoms with Crippen molar-refractivity contribution in [2.45, 2.75) is 31.5 Å². The molecule has 0 unspecified atom stereocenters. The van der Waals surface area contributed by atoms with Crippen LogP contribution < -0.4 is 4.74 Å². The molecule has 1 fully saturated rings. The summed E-state index contributed by atoms with van der Waals surface area (Å²) in [6.45, 7) is 2.86. The number of carboxylic acids is 1. The molecule has 0 bridgehead atoms. The van der Waals surface area contributed by atoms with E-state index in [-0.39, 0.29) is 0 Å². The second kappa shape index (κ2) is 10.9. The molecule has 2 aliphatic heterocycles. The predicted octanol–water partition coefficient (Wildman–Crippen LogP) is 5.53. The number of piperidine rings is 1.